The van der Waals surface area contributed by atoms with Crippen molar-refractivity contribution in [2.24, 2.45) is 0 Å². The van der Waals surface area contributed by atoms with Crippen molar-refractivity contribution in [3.8, 4) is 51.0 Å². The first kappa shape index (κ1) is 24.9. The summed E-state index contributed by atoms with van der Waals surface area (Å²) in [6.45, 7) is 0. The summed E-state index contributed by atoms with van der Waals surface area (Å²) in [4.78, 5) is 15.1. The van der Waals surface area contributed by atoms with Crippen molar-refractivity contribution in [3.05, 3.63) is 158 Å². The first-order chi connectivity index (χ1) is 21.3. The number of fused-ring (bicyclic) bond motifs is 3. The largest absolute Gasteiger partial charge is 0.278 e. The molecule has 2 aromatic heterocycles. The molecular formula is C39H26N4. The third-order valence-corrected chi connectivity index (χ3v) is 7.87. The number of hydrogen-bond donors (Lipinski definition) is 0. The number of hydrogen-bond acceptors (Lipinski definition) is 3. The average molecular weight is 551 g/mol. The summed E-state index contributed by atoms with van der Waals surface area (Å²) in [6.07, 6.45) is 0. The zero-order valence-corrected chi connectivity index (χ0v) is 23.3. The lowest BCUT2D eigenvalue weighted by Crippen LogP contribution is -2.06. The predicted molar refractivity (Wildman–Crippen MR) is 176 cm³/mol. The van der Waals surface area contributed by atoms with Gasteiger partial charge >= 0.3 is 0 Å². The molecule has 0 radical (unpaired) electrons. The van der Waals surface area contributed by atoms with Crippen molar-refractivity contribution in [3.63, 3.8) is 0 Å². The van der Waals surface area contributed by atoms with E-state index in [1.54, 1.807) is 0 Å². The molecular weight excluding hydrogens is 524 g/mol. The first-order valence-electron chi connectivity index (χ1n) is 14.4. The van der Waals surface area contributed by atoms with Gasteiger partial charge in [-0.3, -0.25) is 4.57 Å². The summed E-state index contributed by atoms with van der Waals surface area (Å²) in [5, 5.41) is 2.30. The molecule has 4 heteroatoms. The maximum absolute atomic E-state index is 5.07. The Labute approximate surface area is 249 Å². The van der Waals surface area contributed by atoms with Gasteiger partial charge in [-0.15, -0.1) is 0 Å². The lowest BCUT2D eigenvalue weighted by atomic mass is 10.0. The van der Waals surface area contributed by atoms with E-state index in [1.165, 1.54) is 22.3 Å². The fraction of sp³-hybridized carbons (Fsp3) is 0. The van der Waals surface area contributed by atoms with E-state index in [4.69, 9.17) is 15.0 Å². The zero-order valence-electron chi connectivity index (χ0n) is 23.3. The molecule has 202 valence electrons. The molecule has 0 saturated carbocycles. The molecule has 0 amide bonds. The van der Waals surface area contributed by atoms with Gasteiger partial charge in [-0.25, -0.2) is 4.98 Å². The molecule has 4 nitrogen and oxygen atoms in total. The molecule has 0 unspecified atom stereocenters. The second-order valence-electron chi connectivity index (χ2n) is 10.5. The van der Waals surface area contributed by atoms with E-state index in [0.29, 0.717) is 17.6 Å². The Morgan fingerprint density at radius 3 is 1.09 bits per heavy atom. The quantitative estimate of drug-likeness (QED) is 0.214. The van der Waals surface area contributed by atoms with Crippen LogP contribution in [0.2, 0.25) is 0 Å². The number of benzene rings is 6. The standard InChI is InChI=1S/C39H26N4/c1-5-13-27(14-6-1)31-21-23-35-33(25-31)34-26-32(28-15-7-2-8-16-28)22-24-36(34)43(35)39-41-37(29-17-9-3-10-18-29)40-38(42-39)30-19-11-4-12-20-30/h1-26H. The third-order valence-electron chi connectivity index (χ3n) is 7.87. The lowest BCUT2D eigenvalue weighted by molar-refractivity contribution is 0.953. The zero-order chi connectivity index (χ0) is 28.6. The average Bonchev–Trinajstić information content (AvgIpc) is 3.42. The predicted octanol–water partition coefficient (Wildman–Crippen LogP) is 9.64. The van der Waals surface area contributed by atoms with Crippen molar-refractivity contribution in [2.45, 2.75) is 0 Å². The smallest absolute Gasteiger partial charge is 0.238 e. The molecule has 2 heterocycles. The van der Waals surface area contributed by atoms with Crippen LogP contribution in [0.1, 0.15) is 0 Å². The molecule has 0 fully saturated rings. The molecule has 8 rings (SSSR count). The number of rotatable bonds is 5. The van der Waals surface area contributed by atoms with Crippen LogP contribution in [0.5, 0.6) is 0 Å². The molecule has 0 N–H and O–H groups in total. The monoisotopic (exact) mass is 550 g/mol. The van der Waals surface area contributed by atoms with Gasteiger partial charge in [0.25, 0.3) is 0 Å². The molecule has 8 aromatic rings. The van der Waals surface area contributed by atoms with Gasteiger partial charge in [0.05, 0.1) is 11.0 Å². The van der Waals surface area contributed by atoms with Crippen LogP contribution in [0.3, 0.4) is 0 Å². The Balaban J connectivity index is 1.42. The SMILES string of the molecule is c1ccc(-c2ccc3c(c2)c2cc(-c4ccccc4)ccc2n3-c2nc(-c3ccccc3)nc(-c3ccccc3)n2)cc1. The van der Waals surface area contributed by atoms with Crippen LogP contribution in [-0.2, 0) is 0 Å². The van der Waals surface area contributed by atoms with Gasteiger partial charge in [-0.2, -0.15) is 9.97 Å². The highest BCUT2D eigenvalue weighted by atomic mass is 15.2. The second kappa shape index (κ2) is 10.5. The molecule has 0 aliphatic rings. The molecule has 0 saturated heterocycles. The highest BCUT2D eigenvalue weighted by molar-refractivity contribution is 6.11. The van der Waals surface area contributed by atoms with Gasteiger partial charge in [0.15, 0.2) is 11.6 Å². The minimum atomic E-state index is 0.590. The molecule has 6 aromatic carbocycles. The Hall–Kier alpha value is -5.87. The van der Waals surface area contributed by atoms with E-state index >= 15 is 0 Å². The normalized spacial score (nSPS) is 11.3. The highest BCUT2D eigenvalue weighted by Crippen LogP contribution is 2.37. The van der Waals surface area contributed by atoms with E-state index in [9.17, 15) is 0 Å². The van der Waals surface area contributed by atoms with Crippen molar-refractivity contribution in [1.82, 2.24) is 19.5 Å². The Morgan fingerprint density at radius 2 is 0.698 bits per heavy atom. The van der Waals surface area contributed by atoms with Crippen molar-refractivity contribution in [2.75, 3.05) is 0 Å². The fourth-order valence-corrected chi connectivity index (χ4v) is 5.76. The summed E-state index contributed by atoms with van der Waals surface area (Å²) in [7, 11) is 0. The van der Waals surface area contributed by atoms with Crippen molar-refractivity contribution in [1.29, 1.82) is 0 Å². The lowest BCUT2D eigenvalue weighted by Gasteiger charge is -2.11. The molecule has 0 atom stereocenters. The first-order valence-corrected chi connectivity index (χ1v) is 14.4. The second-order valence-corrected chi connectivity index (χ2v) is 10.5. The molecule has 0 spiro atoms. The minimum Gasteiger partial charge on any atom is -0.278 e. The van der Waals surface area contributed by atoms with E-state index in [-0.39, 0.29) is 0 Å². The summed E-state index contributed by atoms with van der Waals surface area (Å²) in [5.41, 5.74) is 8.69. The van der Waals surface area contributed by atoms with Crippen LogP contribution in [-0.4, -0.2) is 19.5 Å². The summed E-state index contributed by atoms with van der Waals surface area (Å²) in [5.74, 6) is 1.87. The number of nitrogens with zero attached hydrogens (tertiary/aromatic N) is 4. The third kappa shape index (κ3) is 4.55. The Morgan fingerprint density at radius 1 is 0.326 bits per heavy atom. The number of aromatic nitrogens is 4. The van der Waals surface area contributed by atoms with Gasteiger partial charge in [0.1, 0.15) is 0 Å². The fourth-order valence-electron chi connectivity index (χ4n) is 5.76. The van der Waals surface area contributed by atoms with E-state index in [2.05, 4.69) is 102 Å². The summed E-state index contributed by atoms with van der Waals surface area (Å²) >= 11 is 0. The van der Waals surface area contributed by atoms with Gasteiger partial charge in [0.2, 0.25) is 5.95 Å². The van der Waals surface area contributed by atoms with Crippen molar-refractivity contribution < 1.29 is 0 Å². The molecule has 0 bridgehead atoms. The topological polar surface area (TPSA) is 43.6 Å². The van der Waals surface area contributed by atoms with Crippen LogP contribution in [0, 0.1) is 0 Å². The maximum atomic E-state index is 5.07. The Bertz CT molecular complexity index is 2050. The molecule has 43 heavy (non-hydrogen) atoms. The summed E-state index contributed by atoms with van der Waals surface area (Å²) in [6, 6.07) is 54.6. The van der Waals surface area contributed by atoms with E-state index in [0.717, 1.165) is 32.9 Å². The maximum Gasteiger partial charge on any atom is 0.238 e. The van der Waals surface area contributed by atoms with Crippen LogP contribution in [0.4, 0.5) is 0 Å². The van der Waals surface area contributed by atoms with Gasteiger partial charge in [-0.1, -0.05) is 133 Å². The molecule has 0 aliphatic heterocycles. The summed E-state index contributed by atoms with van der Waals surface area (Å²) < 4.78 is 2.18. The van der Waals surface area contributed by atoms with Crippen LogP contribution in [0.25, 0.3) is 72.8 Å². The molecule has 0 aliphatic carbocycles. The van der Waals surface area contributed by atoms with Gasteiger partial charge in [-0.05, 0) is 46.5 Å². The highest BCUT2D eigenvalue weighted by Gasteiger charge is 2.19. The van der Waals surface area contributed by atoms with E-state index in [1.807, 2.05) is 60.7 Å². The van der Waals surface area contributed by atoms with Crippen LogP contribution < -0.4 is 0 Å². The van der Waals surface area contributed by atoms with Crippen LogP contribution >= 0.6 is 0 Å². The van der Waals surface area contributed by atoms with Crippen molar-refractivity contribution >= 4 is 21.8 Å². The van der Waals surface area contributed by atoms with Gasteiger partial charge < -0.3 is 0 Å². The van der Waals surface area contributed by atoms with E-state index < -0.39 is 0 Å². The Kier molecular flexibility index (Phi) is 6.08. The van der Waals surface area contributed by atoms with Crippen LogP contribution in [0.15, 0.2) is 158 Å². The minimum absolute atomic E-state index is 0.590. The van der Waals surface area contributed by atoms with Gasteiger partial charge in [0, 0.05) is 21.9 Å².